The van der Waals surface area contributed by atoms with Crippen molar-refractivity contribution in [1.82, 2.24) is 10.2 Å². The molecule has 0 spiro atoms. The van der Waals surface area contributed by atoms with E-state index in [0.29, 0.717) is 12.1 Å². The van der Waals surface area contributed by atoms with E-state index in [-0.39, 0.29) is 30.2 Å². The van der Waals surface area contributed by atoms with Crippen molar-refractivity contribution in [2.45, 2.75) is 32.4 Å². The molecular formula is C20H21FN2O2. The monoisotopic (exact) mass is 340 g/mol. The van der Waals surface area contributed by atoms with Gasteiger partial charge in [0, 0.05) is 18.2 Å². The fourth-order valence-corrected chi connectivity index (χ4v) is 2.66. The predicted molar refractivity (Wildman–Crippen MR) is 93.5 cm³/mol. The van der Waals surface area contributed by atoms with Gasteiger partial charge in [0.05, 0.1) is 6.54 Å². The van der Waals surface area contributed by atoms with Crippen LogP contribution in [0, 0.1) is 12.7 Å². The van der Waals surface area contributed by atoms with Crippen molar-refractivity contribution >= 4 is 11.8 Å². The van der Waals surface area contributed by atoms with Gasteiger partial charge in [-0.05, 0) is 49.6 Å². The van der Waals surface area contributed by atoms with Crippen LogP contribution in [0.4, 0.5) is 4.39 Å². The highest BCUT2D eigenvalue weighted by Crippen LogP contribution is 2.28. The molecule has 25 heavy (non-hydrogen) atoms. The zero-order chi connectivity index (χ0) is 17.8. The molecule has 0 radical (unpaired) electrons. The summed E-state index contributed by atoms with van der Waals surface area (Å²) in [5, 5.41) is 2.69. The minimum atomic E-state index is -0.293. The third-order valence-corrected chi connectivity index (χ3v) is 4.29. The molecule has 2 aromatic carbocycles. The van der Waals surface area contributed by atoms with Crippen molar-refractivity contribution in [3.05, 3.63) is 71.0 Å². The zero-order valence-corrected chi connectivity index (χ0v) is 14.2. The average Bonchev–Trinajstić information content (AvgIpc) is 3.44. The lowest BCUT2D eigenvalue weighted by Crippen LogP contribution is -2.41. The van der Waals surface area contributed by atoms with Gasteiger partial charge in [-0.15, -0.1) is 0 Å². The number of hydrogen-bond acceptors (Lipinski definition) is 2. The molecule has 2 aromatic rings. The molecule has 1 aliphatic rings. The standard InChI is InChI=1S/C20H21FN2O2/c1-14-2-6-16(7-3-14)20(25)22-12-19(24)23(18-10-11-18)13-15-4-8-17(21)9-5-15/h2-9,18H,10-13H2,1H3,(H,22,25). The number of carbonyl (C=O) groups excluding carboxylic acids is 2. The molecule has 1 saturated carbocycles. The number of benzene rings is 2. The van der Waals surface area contributed by atoms with Gasteiger partial charge in [0.15, 0.2) is 0 Å². The molecule has 3 rings (SSSR count). The van der Waals surface area contributed by atoms with Crippen molar-refractivity contribution in [1.29, 1.82) is 0 Å². The lowest BCUT2D eigenvalue weighted by molar-refractivity contribution is -0.131. The maximum atomic E-state index is 13.0. The van der Waals surface area contributed by atoms with Gasteiger partial charge in [0.25, 0.3) is 5.91 Å². The van der Waals surface area contributed by atoms with Crippen LogP contribution in [0.1, 0.15) is 34.3 Å². The molecule has 0 bridgehead atoms. The minimum Gasteiger partial charge on any atom is -0.343 e. The molecular weight excluding hydrogens is 319 g/mol. The molecule has 5 heteroatoms. The molecule has 0 saturated heterocycles. The summed E-state index contributed by atoms with van der Waals surface area (Å²) in [6.45, 7) is 2.35. The van der Waals surface area contributed by atoms with E-state index in [0.717, 1.165) is 24.0 Å². The normalized spacial score (nSPS) is 13.4. The first kappa shape index (κ1) is 17.1. The van der Waals surface area contributed by atoms with Gasteiger partial charge >= 0.3 is 0 Å². The number of amides is 2. The third kappa shape index (κ3) is 4.66. The van der Waals surface area contributed by atoms with Crippen LogP contribution < -0.4 is 5.32 Å². The lowest BCUT2D eigenvalue weighted by Gasteiger charge is -2.23. The van der Waals surface area contributed by atoms with Crippen molar-refractivity contribution in [2.24, 2.45) is 0 Å². The summed E-state index contributed by atoms with van der Waals surface area (Å²) < 4.78 is 13.0. The Labute approximate surface area is 146 Å². The van der Waals surface area contributed by atoms with Crippen LogP contribution in [0.3, 0.4) is 0 Å². The maximum absolute atomic E-state index is 13.0. The number of carbonyl (C=O) groups is 2. The molecule has 1 fully saturated rings. The molecule has 0 aromatic heterocycles. The third-order valence-electron chi connectivity index (χ3n) is 4.29. The van der Waals surface area contributed by atoms with E-state index in [1.807, 2.05) is 19.1 Å². The summed E-state index contributed by atoms with van der Waals surface area (Å²) in [6, 6.07) is 13.6. The van der Waals surface area contributed by atoms with Crippen molar-refractivity contribution in [3.8, 4) is 0 Å². The first-order chi connectivity index (χ1) is 12.0. The highest BCUT2D eigenvalue weighted by atomic mass is 19.1. The molecule has 130 valence electrons. The number of rotatable bonds is 6. The van der Waals surface area contributed by atoms with Crippen LogP contribution in [-0.2, 0) is 11.3 Å². The van der Waals surface area contributed by atoms with Crippen molar-refractivity contribution in [3.63, 3.8) is 0 Å². The highest BCUT2D eigenvalue weighted by Gasteiger charge is 2.32. The average molecular weight is 340 g/mol. The van der Waals surface area contributed by atoms with Crippen LogP contribution in [0.2, 0.25) is 0 Å². The number of halogens is 1. The van der Waals surface area contributed by atoms with Crippen LogP contribution in [-0.4, -0.2) is 29.3 Å². The van der Waals surface area contributed by atoms with E-state index in [1.165, 1.54) is 12.1 Å². The number of hydrogen-bond donors (Lipinski definition) is 1. The molecule has 1 N–H and O–H groups in total. The maximum Gasteiger partial charge on any atom is 0.251 e. The smallest absolute Gasteiger partial charge is 0.251 e. The molecule has 0 aliphatic heterocycles. The molecule has 1 aliphatic carbocycles. The van der Waals surface area contributed by atoms with Gasteiger partial charge in [-0.3, -0.25) is 9.59 Å². The molecule has 0 heterocycles. The summed E-state index contributed by atoms with van der Waals surface area (Å²) in [6.07, 6.45) is 1.94. The van der Waals surface area contributed by atoms with Crippen LogP contribution in [0.5, 0.6) is 0 Å². The Morgan fingerprint density at radius 3 is 2.32 bits per heavy atom. The summed E-state index contributed by atoms with van der Waals surface area (Å²) >= 11 is 0. The minimum absolute atomic E-state index is 0.0373. The van der Waals surface area contributed by atoms with E-state index in [4.69, 9.17) is 0 Å². The predicted octanol–water partition coefficient (Wildman–Crippen LogP) is 3.06. The van der Waals surface area contributed by atoms with Gasteiger partial charge in [-0.1, -0.05) is 29.8 Å². The number of aryl methyl sites for hydroxylation is 1. The van der Waals surface area contributed by atoms with Gasteiger partial charge in [-0.2, -0.15) is 0 Å². The number of nitrogens with zero attached hydrogens (tertiary/aromatic N) is 1. The summed E-state index contributed by atoms with van der Waals surface area (Å²) in [5.41, 5.74) is 2.49. The zero-order valence-electron chi connectivity index (χ0n) is 14.2. The van der Waals surface area contributed by atoms with Crippen LogP contribution in [0.15, 0.2) is 48.5 Å². The Bertz CT molecular complexity index is 752. The lowest BCUT2D eigenvalue weighted by atomic mass is 10.1. The number of nitrogens with one attached hydrogen (secondary N) is 1. The Kier molecular flexibility index (Phi) is 5.12. The van der Waals surface area contributed by atoms with E-state index in [2.05, 4.69) is 5.32 Å². The van der Waals surface area contributed by atoms with E-state index in [1.54, 1.807) is 29.2 Å². The quantitative estimate of drug-likeness (QED) is 0.879. The topological polar surface area (TPSA) is 49.4 Å². The van der Waals surface area contributed by atoms with Crippen molar-refractivity contribution < 1.29 is 14.0 Å². The SMILES string of the molecule is Cc1ccc(C(=O)NCC(=O)N(Cc2ccc(F)cc2)C2CC2)cc1. The van der Waals surface area contributed by atoms with E-state index >= 15 is 0 Å². The van der Waals surface area contributed by atoms with Crippen LogP contribution in [0.25, 0.3) is 0 Å². The van der Waals surface area contributed by atoms with Gasteiger partial charge in [0.1, 0.15) is 5.82 Å². The Morgan fingerprint density at radius 1 is 1.08 bits per heavy atom. The van der Waals surface area contributed by atoms with Gasteiger partial charge in [0.2, 0.25) is 5.91 Å². The fraction of sp³-hybridized carbons (Fsp3) is 0.300. The summed E-state index contributed by atoms with van der Waals surface area (Å²) in [4.78, 5) is 26.4. The second kappa shape index (κ2) is 7.47. The Balaban J connectivity index is 1.58. The van der Waals surface area contributed by atoms with Crippen LogP contribution >= 0.6 is 0 Å². The van der Waals surface area contributed by atoms with Crippen molar-refractivity contribution in [2.75, 3.05) is 6.54 Å². The second-order valence-corrected chi connectivity index (χ2v) is 6.43. The fourth-order valence-electron chi connectivity index (χ4n) is 2.66. The largest absolute Gasteiger partial charge is 0.343 e. The van der Waals surface area contributed by atoms with E-state index in [9.17, 15) is 14.0 Å². The Morgan fingerprint density at radius 2 is 1.72 bits per heavy atom. The summed E-state index contributed by atoms with van der Waals surface area (Å²) in [5.74, 6) is -0.670. The molecule has 0 unspecified atom stereocenters. The van der Waals surface area contributed by atoms with Gasteiger partial charge in [-0.25, -0.2) is 4.39 Å². The molecule has 2 amide bonds. The molecule has 4 nitrogen and oxygen atoms in total. The first-order valence-electron chi connectivity index (χ1n) is 8.42. The summed E-state index contributed by atoms with van der Waals surface area (Å²) in [7, 11) is 0. The highest BCUT2D eigenvalue weighted by molar-refractivity contribution is 5.96. The first-order valence-corrected chi connectivity index (χ1v) is 8.42. The molecule has 0 atom stereocenters. The second-order valence-electron chi connectivity index (χ2n) is 6.43. The van der Waals surface area contributed by atoms with E-state index < -0.39 is 0 Å². The van der Waals surface area contributed by atoms with Gasteiger partial charge < -0.3 is 10.2 Å². The Hall–Kier alpha value is -2.69.